The fourth-order valence-electron chi connectivity index (χ4n) is 1.35. The lowest BCUT2D eigenvalue weighted by Gasteiger charge is -1.95. The lowest BCUT2D eigenvalue weighted by molar-refractivity contribution is 0.300. The van der Waals surface area contributed by atoms with Crippen molar-refractivity contribution in [2.24, 2.45) is 0 Å². The van der Waals surface area contributed by atoms with Gasteiger partial charge in [0.2, 0.25) is 0 Å². The molecule has 0 unspecified atom stereocenters. The van der Waals surface area contributed by atoms with Crippen LogP contribution in [0.15, 0.2) is 47.8 Å². The van der Waals surface area contributed by atoms with Crippen LogP contribution in [0.25, 0.3) is 0 Å². The third kappa shape index (κ3) is 7.74. The Bertz CT molecular complexity index is 548. The molecule has 1 aromatic heterocycles. The molecule has 0 bridgehead atoms. The van der Waals surface area contributed by atoms with Crippen molar-refractivity contribution < 1.29 is 18.1 Å². The summed E-state index contributed by atoms with van der Waals surface area (Å²) in [4.78, 5) is 1.26. The summed E-state index contributed by atoms with van der Waals surface area (Å²) in [6.45, 7) is 0.264. The zero-order valence-electron chi connectivity index (χ0n) is 10.3. The summed E-state index contributed by atoms with van der Waals surface area (Å²) in [6.07, 6.45) is 0.803. The molecule has 0 amide bonds. The molecule has 0 aliphatic rings. The predicted octanol–water partition coefficient (Wildman–Crippen LogP) is 2.36. The number of thiophene rings is 1. The van der Waals surface area contributed by atoms with Gasteiger partial charge in [0.15, 0.2) is 0 Å². The quantitative estimate of drug-likeness (QED) is 0.850. The van der Waals surface area contributed by atoms with E-state index in [1.54, 1.807) is 41.7 Å². The van der Waals surface area contributed by atoms with E-state index in [4.69, 9.17) is 9.66 Å². The van der Waals surface area contributed by atoms with Crippen molar-refractivity contribution in [3.63, 3.8) is 0 Å². The van der Waals surface area contributed by atoms with Crippen molar-refractivity contribution in [3.05, 3.63) is 58.3 Å². The summed E-state index contributed by atoms with van der Waals surface area (Å²) in [7, 11) is -3.88. The highest BCUT2D eigenvalue weighted by molar-refractivity contribution is 7.85. The molecule has 0 saturated heterocycles. The Morgan fingerprint density at radius 1 is 1.05 bits per heavy atom. The number of rotatable bonds is 4. The van der Waals surface area contributed by atoms with E-state index in [1.807, 2.05) is 17.5 Å². The summed E-state index contributed by atoms with van der Waals surface area (Å²) >= 11 is 1.69. The van der Waals surface area contributed by atoms with Crippen LogP contribution in [0.5, 0.6) is 0 Å². The van der Waals surface area contributed by atoms with Crippen molar-refractivity contribution in [1.29, 1.82) is 0 Å². The Balaban J connectivity index is 0.000000200. The molecule has 2 aromatic rings. The van der Waals surface area contributed by atoms with Crippen LogP contribution < -0.4 is 0 Å². The lowest BCUT2D eigenvalue weighted by Crippen LogP contribution is -2.00. The molecule has 2 N–H and O–H groups in total. The second-order valence-corrected chi connectivity index (χ2v) is 6.25. The van der Waals surface area contributed by atoms with E-state index >= 15 is 0 Å². The highest BCUT2D eigenvalue weighted by Crippen LogP contribution is 2.07. The molecule has 1 heterocycles. The fourth-order valence-corrected chi connectivity index (χ4v) is 2.66. The fraction of sp³-hybridized carbons (Fsp3) is 0.231. The van der Waals surface area contributed by atoms with Crippen LogP contribution in [-0.4, -0.2) is 24.7 Å². The number of hydrogen-bond donors (Lipinski definition) is 2. The molecule has 0 aliphatic carbocycles. The summed E-state index contributed by atoms with van der Waals surface area (Å²) in [5, 5.41) is 10.5. The van der Waals surface area contributed by atoms with Gasteiger partial charge in [0.05, 0.1) is 0 Å². The van der Waals surface area contributed by atoms with Gasteiger partial charge in [-0.25, -0.2) is 0 Å². The molecule has 6 heteroatoms. The molecule has 4 nitrogen and oxygen atoms in total. The molecule has 2 rings (SSSR count). The third-order valence-electron chi connectivity index (χ3n) is 2.13. The lowest BCUT2D eigenvalue weighted by atomic mass is 10.2. The van der Waals surface area contributed by atoms with Crippen LogP contribution >= 0.6 is 11.3 Å². The standard InChI is InChI=1S/C7H8O3S.C6H8OS/c8-11(9,10)6-7-4-2-1-3-5-7;7-4-3-6-2-1-5-8-6/h1-5H,6H2,(H,8,9,10);1-2,5,7H,3-4H2. The zero-order chi connectivity index (χ0) is 14.1. The zero-order valence-corrected chi connectivity index (χ0v) is 11.9. The second kappa shape index (κ2) is 8.06. The third-order valence-corrected chi connectivity index (χ3v) is 3.76. The van der Waals surface area contributed by atoms with Crippen LogP contribution in [0.3, 0.4) is 0 Å². The maximum Gasteiger partial charge on any atom is 0.269 e. The van der Waals surface area contributed by atoms with Crippen LogP contribution in [-0.2, 0) is 22.3 Å². The first-order valence-corrected chi connectivity index (χ1v) is 8.12. The normalized spacial score (nSPS) is 10.6. The molecule has 104 valence electrons. The molecular formula is C13H16O4S2. The van der Waals surface area contributed by atoms with Gasteiger partial charge in [-0.3, -0.25) is 4.55 Å². The highest BCUT2D eigenvalue weighted by atomic mass is 32.2. The van der Waals surface area contributed by atoms with Gasteiger partial charge in [0.1, 0.15) is 5.75 Å². The van der Waals surface area contributed by atoms with Gasteiger partial charge in [0.25, 0.3) is 10.1 Å². The first kappa shape index (κ1) is 15.8. The molecule has 1 aromatic carbocycles. The molecular weight excluding hydrogens is 284 g/mol. The van der Waals surface area contributed by atoms with Gasteiger partial charge in [-0.15, -0.1) is 11.3 Å². The van der Waals surface area contributed by atoms with Crippen molar-refractivity contribution in [1.82, 2.24) is 0 Å². The van der Waals surface area contributed by atoms with Gasteiger partial charge in [0, 0.05) is 17.9 Å². The van der Waals surface area contributed by atoms with Crippen molar-refractivity contribution in [2.75, 3.05) is 6.61 Å². The second-order valence-electron chi connectivity index (χ2n) is 3.76. The minimum absolute atomic E-state index is 0.264. The van der Waals surface area contributed by atoms with Crippen molar-refractivity contribution >= 4 is 21.5 Å². The van der Waals surface area contributed by atoms with Crippen LogP contribution in [0.1, 0.15) is 10.4 Å². The average Bonchev–Trinajstić information content (AvgIpc) is 2.82. The molecule has 19 heavy (non-hydrogen) atoms. The minimum atomic E-state index is -3.88. The van der Waals surface area contributed by atoms with E-state index < -0.39 is 10.1 Å². The summed E-state index contributed by atoms with van der Waals surface area (Å²) in [6, 6.07) is 12.5. The Labute approximate surface area is 117 Å². The predicted molar refractivity (Wildman–Crippen MR) is 76.8 cm³/mol. The average molecular weight is 300 g/mol. The topological polar surface area (TPSA) is 74.6 Å². The van der Waals surface area contributed by atoms with Gasteiger partial charge in [-0.2, -0.15) is 8.42 Å². The number of aliphatic hydroxyl groups is 1. The first-order valence-electron chi connectivity index (χ1n) is 5.63. The highest BCUT2D eigenvalue weighted by Gasteiger charge is 2.04. The summed E-state index contributed by atoms with van der Waals surface area (Å²) < 4.78 is 29.2. The largest absolute Gasteiger partial charge is 0.396 e. The number of benzene rings is 1. The van der Waals surface area contributed by atoms with Crippen LogP contribution in [0.4, 0.5) is 0 Å². The van der Waals surface area contributed by atoms with Gasteiger partial charge in [-0.1, -0.05) is 36.4 Å². The maximum atomic E-state index is 10.4. The SMILES string of the molecule is O=S(=O)(O)Cc1ccccc1.OCCc1cccs1. The van der Waals surface area contributed by atoms with E-state index in [1.165, 1.54) is 4.88 Å². The Morgan fingerprint density at radius 3 is 2.21 bits per heavy atom. The van der Waals surface area contributed by atoms with Crippen LogP contribution in [0, 0.1) is 0 Å². The number of aliphatic hydroxyl groups excluding tert-OH is 1. The minimum Gasteiger partial charge on any atom is -0.396 e. The molecule has 0 spiro atoms. The number of hydrogen-bond acceptors (Lipinski definition) is 4. The molecule has 0 radical (unpaired) electrons. The van der Waals surface area contributed by atoms with Gasteiger partial charge < -0.3 is 5.11 Å². The van der Waals surface area contributed by atoms with E-state index in [0.717, 1.165) is 6.42 Å². The van der Waals surface area contributed by atoms with E-state index in [9.17, 15) is 8.42 Å². The van der Waals surface area contributed by atoms with E-state index in [-0.39, 0.29) is 12.4 Å². The Kier molecular flexibility index (Phi) is 6.72. The maximum absolute atomic E-state index is 10.4. The van der Waals surface area contributed by atoms with E-state index in [0.29, 0.717) is 5.56 Å². The first-order chi connectivity index (χ1) is 9.01. The summed E-state index contributed by atoms with van der Waals surface area (Å²) in [5.74, 6) is -0.312. The van der Waals surface area contributed by atoms with Crippen molar-refractivity contribution in [2.45, 2.75) is 12.2 Å². The smallest absolute Gasteiger partial charge is 0.269 e. The van der Waals surface area contributed by atoms with Crippen molar-refractivity contribution in [3.8, 4) is 0 Å². The Hall–Kier alpha value is -1.21. The molecule has 0 fully saturated rings. The molecule has 0 aliphatic heterocycles. The molecule has 0 saturated carbocycles. The monoisotopic (exact) mass is 300 g/mol. The van der Waals surface area contributed by atoms with Gasteiger partial charge in [-0.05, 0) is 17.0 Å². The Morgan fingerprint density at radius 2 is 1.74 bits per heavy atom. The van der Waals surface area contributed by atoms with E-state index in [2.05, 4.69) is 0 Å². The van der Waals surface area contributed by atoms with Crippen LogP contribution in [0.2, 0.25) is 0 Å². The molecule has 0 atom stereocenters. The summed E-state index contributed by atoms with van der Waals surface area (Å²) in [5.41, 5.74) is 0.593. The van der Waals surface area contributed by atoms with Gasteiger partial charge >= 0.3 is 0 Å².